The molecule has 0 heterocycles. The fraction of sp³-hybridized carbons (Fsp3) is 0.300. The van der Waals surface area contributed by atoms with Crippen LogP contribution in [0.15, 0.2) is 18.2 Å². The Hall–Kier alpha value is -0.840. The maximum atomic E-state index is 13.2. The zero-order chi connectivity index (χ0) is 11.3. The number of halogens is 3. The van der Waals surface area contributed by atoms with Gasteiger partial charge in [-0.25, -0.2) is 4.39 Å². The molecule has 0 aromatic heterocycles. The van der Waals surface area contributed by atoms with E-state index in [1.165, 1.54) is 18.2 Å². The SMILES string of the molecule is Cl.NCCCNC(=O)c1c(F)cccc1Cl. The van der Waals surface area contributed by atoms with Crippen molar-refractivity contribution in [2.75, 3.05) is 13.1 Å². The Morgan fingerprint density at radius 2 is 2.19 bits per heavy atom. The lowest BCUT2D eigenvalue weighted by Crippen LogP contribution is -2.27. The van der Waals surface area contributed by atoms with Crippen molar-refractivity contribution in [2.45, 2.75) is 6.42 Å². The molecule has 1 rings (SSSR count). The Bertz CT molecular complexity index is 340. The average Bonchev–Trinajstić information content (AvgIpc) is 2.18. The van der Waals surface area contributed by atoms with E-state index in [-0.39, 0.29) is 23.0 Å². The molecule has 1 aromatic rings. The van der Waals surface area contributed by atoms with E-state index in [1.54, 1.807) is 0 Å². The second kappa shape index (κ2) is 7.44. The van der Waals surface area contributed by atoms with Crippen molar-refractivity contribution in [2.24, 2.45) is 5.73 Å². The van der Waals surface area contributed by atoms with Gasteiger partial charge >= 0.3 is 0 Å². The quantitative estimate of drug-likeness (QED) is 0.819. The predicted molar refractivity (Wildman–Crippen MR) is 64.7 cm³/mol. The summed E-state index contributed by atoms with van der Waals surface area (Å²) < 4.78 is 13.2. The van der Waals surface area contributed by atoms with Gasteiger partial charge in [-0.05, 0) is 25.1 Å². The van der Waals surface area contributed by atoms with Crippen LogP contribution in [0, 0.1) is 5.82 Å². The maximum absolute atomic E-state index is 13.2. The standard InChI is InChI=1S/C10H12ClFN2O.ClH/c11-7-3-1-4-8(12)9(7)10(15)14-6-2-5-13;/h1,3-4H,2,5-6,13H2,(H,14,15);1H. The van der Waals surface area contributed by atoms with Crippen molar-refractivity contribution in [1.29, 1.82) is 0 Å². The minimum Gasteiger partial charge on any atom is -0.352 e. The number of carbonyl (C=O) groups excluding carboxylic acids is 1. The van der Waals surface area contributed by atoms with E-state index in [2.05, 4.69) is 5.32 Å². The summed E-state index contributed by atoms with van der Waals surface area (Å²) in [5, 5.41) is 2.65. The molecule has 0 radical (unpaired) electrons. The molecule has 3 nitrogen and oxygen atoms in total. The summed E-state index contributed by atoms with van der Waals surface area (Å²) in [4.78, 5) is 11.5. The van der Waals surface area contributed by atoms with Gasteiger partial charge in [0, 0.05) is 6.54 Å². The van der Waals surface area contributed by atoms with Crippen molar-refractivity contribution < 1.29 is 9.18 Å². The van der Waals surface area contributed by atoms with Gasteiger partial charge in [-0.1, -0.05) is 17.7 Å². The average molecular weight is 267 g/mol. The minimum atomic E-state index is -0.618. The minimum absolute atomic E-state index is 0. The summed E-state index contributed by atoms with van der Waals surface area (Å²) in [5.74, 6) is -1.13. The first kappa shape index (κ1) is 15.2. The van der Waals surface area contributed by atoms with Crippen LogP contribution in [0.25, 0.3) is 0 Å². The van der Waals surface area contributed by atoms with Crippen molar-refractivity contribution in [3.63, 3.8) is 0 Å². The van der Waals surface area contributed by atoms with Gasteiger partial charge in [0.15, 0.2) is 0 Å². The first-order valence-corrected chi connectivity index (χ1v) is 4.97. The number of carbonyl (C=O) groups is 1. The highest BCUT2D eigenvalue weighted by Crippen LogP contribution is 2.18. The first-order valence-electron chi connectivity index (χ1n) is 4.59. The molecule has 0 spiro atoms. The molecule has 0 aliphatic heterocycles. The maximum Gasteiger partial charge on any atom is 0.255 e. The molecule has 90 valence electrons. The summed E-state index contributed by atoms with van der Waals surface area (Å²) in [7, 11) is 0. The van der Waals surface area contributed by atoms with Crippen LogP contribution in [0.1, 0.15) is 16.8 Å². The number of nitrogens with one attached hydrogen (secondary N) is 1. The third-order valence-corrected chi connectivity index (χ3v) is 2.17. The largest absolute Gasteiger partial charge is 0.352 e. The third-order valence-electron chi connectivity index (χ3n) is 1.86. The molecular weight excluding hydrogens is 254 g/mol. The van der Waals surface area contributed by atoms with E-state index in [4.69, 9.17) is 17.3 Å². The van der Waals surface area contributed by atoms with Crippen LogP contribution in [0.3, 0.4) is 0 Å². The molecule has 0 aliphatic carbocycles. The molecule has 0 fully saturated rings. The predicted octanol–water partition coefficient (Wildman–Crippen LogP) is 1.98. The van der Waals surface area contributed by atoms with Crippen molar-refractivity contribution in [3.05, 3.63) is 34.6 Å². The Morgan fingerprint density at radius 3 is 2.75 bits per heavy atom. The van der Waals surface area contributed by atoms with Crippen LogP contribution in [0.5, 0.6) is 0 Å². The molecular formula is C10H13Cl2FN2O. The number of rotatable bonds is 4. The Balaban J connectivity index is 0.00000225. The fourth-order valence-corrected chi connectivity index (χ4v) is 1.36. The van der Waals surface area contributed by atoms with Crippen LogP contribution in [-0.4, -0.2) is 19.0 Å². The molecule has 16 heavy (non-hydrogen) atoms. The summed E-state index contributed by atoms with van der Waals surface area (Å²) in [6, 6.07) is 4.13. The highest BCUT2D eigenvalue weighted by molar-refractivity contribution is 6.33. The molecule has 1 amide bonds. The van der Waals surface area contributed by atoms with E-state index >= 15 is 0 Å². The van der Waals surface area contributed by atoms with E-state index in [9.17, 15) is 9.18 Å². The van der Waals surface area contributed by atoms with Gasteiger partial charge in [0.1, 0.15) is 5.82 Å². The molecule has 0 aliphatic rings. The van der Waals surface area contributed by atoms with Crippen molar-refractivity contribution in [1.82, 2.24) is 5.32 Å². The second-order valence-corrected chi connectivity index (χ2v) is 3.40. The molecule has 3 N–H and O–H groups in total. The molecule has 0 unspecified atom stereocenters. The van der Waals surface area contributed by atoms with Gasteiger partial charge in [0.05, 0.1) is 10.6 Å². The first-order chi connectivity index (χ1) is 7.16. The highest BCUT2D eigenvalue weighted by atomic mass is 35.5. The topological polar surface area (TPSA) is 55.1 Å². The zero-order valence-corrected chi connectivity index (χ0v) is 10.1. The van der Waals surface area contributed by atoms with E-state index in [1.807, 2.05) is 0 Å². The fourth-order valence-electron chi connectivity index (χ4n) is 1.11. The molecule has 0 atom stereocenters. The molecule has 0 saturated carbocycles. The van der Waals surface area contributed by atoms with Crippen LogP contribution >= 0.6 is 24.0 Å². The second-order valence-electron chi connectivity index (χ2n) is 2.99. The van der Waals surface area contributed by atoms with Gasteiger partial charge in [-0.15, -0.1) is 12.4 Å². The summed E-state index contributed by atoms with van der Waals surface area (Å²) >= 11 is 5.71. The van der Waals surface area contributed by atoms with Gasteiger partial charge in [-0.2, -0.15) is 0 Å². The zero-order valence-electron chi connectivity index (χ0n) is 8.50. The summed E-state index contributed by atoms with van der Waals surface area (Å²) in [6.45, 7) is 0.894. The molecule has 1 aromatic carbocycles. The Labute approximate surface area is 105 Å². The Morgan fingerprint density at radius 1 is 1.50 bits per heavy atom. The summed E-state index contributed by atoms with van der Waals surface area (Å²) in [6.07, 6.45) is 0.651. The van der Waals surface area contributed by atoms with Crippen LogP contribution in [-0.2, 0) is 0 Å². The number of benzene rings is 1. The highest BCUT2D eigenvalue weighted by Gasteiger charge is 2.14. The number of hydrogen-bond acceptors (Lipinski definition) is 2. The van der Waals surface area contributed by atoms with Crippen LogP contribution in [0.2, 0.25) is 5.02 Å². The van der Waals surface area contributed by atoms with Gasteiger partial charge in [0.2, 0.25) is 0 Å². The van der Waals surface area contributed by atoms with Crippen molar-refractivity contribution in [3.8, 4) is 0 Å². The van der Waals surface area contributed by atoms with Gasteiger partial charge in [-0.3, -0.25) is 4.79 Å². The lowest BCUT2D eigenvalue weighted by Gasteiger charge is -2.06. The summed E-state index contributed by atoms with van der Waals surface area (Å²) in [5.41, 5.74) is 5.15. The number of hydrogen-bond donors (Lipinski definition) is 2. The number of amides is 1. The lowest BCUT2D eigenvalue weighted by atomic mass is 10.2. The monoisotopic (exact) mass is 266 g/mol. The molecule has 0 saturated heterocycles. The smallest absolute Gasteiger partial charge is 0.255 e. The van der Waals surface area contributed by atoms with Gasteiger partial charge < -0.3 is 11.1 Å². The Kier molecular flexibility index (Phi) is 7.05. The van der Waals surface area contributed by atoms with E-state index < -0.39 is 11.7 Å². The van der Waals surface area contributed by atoms with Crippen LogP contribution in [0.4, 0.5) is 4.39 Å². The van der Waals surface area contributed by atoms with Crippen LogP contribution < -0.4 is 11.1 Å². The third kappa shape index (κ3) is 3.96. The lowest BCUT2D eigenvalue weighted by molar-refractivity contribution is 0.0949. The van der Waals surface area contributed by atoms with E-state index in [0.717, 1.165) is 0 Å². The normalized spacial score (nSPS) is 9.44. The van der Waals surface area contributed by atoms with E-state index in [0.29, 0.717) is 19.5 Å². The van der Waals surface area contributed by atoms with Gasteiger partial charge in [0.25, 0.3) is 5.91 Å². The van der Waals surface area contributed by atoms with Crippen molar-refractivity contribution >= 4 is 29.9 Å². The molecule has 6 heteroatoms. The molecule has 0 bridgehead atoms. The number of nitrogens with two attached hydrogens (primary N) is 1.